The summed E-state index contributed by atoms with van der Waals surface area (Å²) in [6.45, 7) is 0.249. The summed E-state index contributed by atoms with van der Waals surface area (Å²) < 4.78 is 5.29. The van der Waals surface area contributed by atoms with Crippen LogP contribution in [-0.2, 0) is 13.0 Å². The van der Waals surface area contributed by atoms with Gasteiger partial charge in [0, 0.05) is 23.6 Å². The number of halogens is 1. The van der Waals surface area contributed by atoms with E-state index in [1.54, 1.807) is 0 Å². The van der Waals surface area contributed by atoms with Crippen molar-refractivity contribution in [2.75, 3.05) is 0 Å². The van der Waals surface area contributed by atoms with Gasteiger partial charge in [-0.3, -0.25) is 0 Å². The second kappa shape index (κ2) is 7.14. The summed E-state index contributed by atoms with van der Waals surface area (Å²) in [5.41, 5.74) is 2.63. The third-order valence-electron chi connectivity index (χ3n) is 3.36. The first-order chi connectivity index (χ1) is 11.6. The molecule has 1 aromatic heterocycles. The predicted octanol–water partition coefficient (Wildman–Crippen LogP) is 3.75. The number of hydrogen-bond acceptors (Lipinski definition) is 4. The summed E-state index contributed by atoms with van der Waals surface area (Å²) in [5.74, 6) is 0.994. The zero-order valence-electron chi connectivity index (χ0n) is 12.6. The minimum absolute atomic E-state index is 0.249. The van der Waals surface area contributed by atoms with E-state index in [2.05, 4.69) is 15.5 Å². The van der Waals surface area contributed by atoms with Crippen LogP contribution in [0.2, 0.25) is 5.02 Å². The molecule has 0 aliphatic carbocycles. The largest absolute Gasteiger partial charge is 0.465 e. The van der Waals surface area contributed by atoms with E-state index in [9.17, 15) is 4.79 Å². The molecule has 0 fully saturated rings. The molecule has 24 heavy (non-hydrogen) atoms. The van der Waals surface area contributed by atoms with Crippen LogP contribution in [-0.4, -0.2) is 21.3 Å². The number of benzene rings is 2. The fourth-order valence-corrected chi connectivity index (χ4v) is 2.43. The Morgan fingerprint density at radius 2 is 1.96 bits per heavy atom. The van der Waals surface area contributed by atoms with Crippen LogP contribution in [0.15, 0.2) is 53.1 Å². The summed E-state index contributed by atoms with van der Waals surface area (Å²) in [4.78, 5) is 14.9. The lowest BCUT2D eigenvalue weighted by atomic mass is 10.1. The molecule has 0 aliphatic heterocycles. The molecule has 2 N–H and O–H groups in total. The van der Waals surface area contributed by atoms with Crippen molar-refractivity contribution in [1.82, 2.24) is 15.5 Å². The lowest BCUT2D eigenvalue weighted by Gasteiger charge is -2.01. The maximum Gasteiger partial charge on any atom is 0.404 e. The minimum atomic E-state index is -1.05. The summed E-state index contributed by atoms with van der Waals surface area (Å²) in [6, 6.07) is 14.8. The van der Waals surface area contributed by atoms with Gasteiger partial charge in [-0.1, -0.05) is 41.0 Å². The highest BCUT2D eigenvalue weighted by molar-refractivity contribution is 6.30. The van der Waals surface area contributed by atoms with Gasteiger partial charge in [0.05, 0.1) is 0 Å². The quantitative estimate of drug-likeness (QED) is 0.736. The molecule has 2 aromatic carbocycles. The van der Waals surface area contributed by atoms with Crippen LogP contribution >= 0.6 is 11.6 Å². The lowest BCUT2D eigenvalue weighted by molar-refractivity contribution is 0.194. The molecule has 0 saturated heterocycles. The number of carboxylic acid groups (broad SMARTS) is 1. The summed E-state index contributed by atoms with van der Waals surface area (Å²) >= 11 is 5.97. The smallest absolute Gasteiger partial charge is 0.404 e. The van der Waals surface area contributed by atoms with Gasteiger partial charge in [-0.15, -0.1) is 0 Å². The summed E-state index contributed by atoms with van der Waals surface area (Å²) in [5, 5.41) is 15.6. The van der Waals surface area contributed by atoms with E-state index in [4.69, 9.17) is 21.2 Å². The molecule has 3 rings (SSSR count). The second-order valence-corrected chi connectivity index (χ2v) is 5.61. The first-order valence-electron chi connectivity index (χ1n) is 7.23. The van der Waals surface area contributed by atoms with Crippen molar-refractivity contribution in [2.45, 2.75) is 13.0 Å². The number of nitrogens with zero attached hydrogens (tertiary/aromatic N) is 2. The molecule has 1 amide bonds. The molecule has 0 bridgehead atoms. The van der Waals surface area contributed by atoms with Gasteiger partial charge in [0.25, 0.3) is 5.89 Å². The molecule has 0 radical (unpaired) electrons. The number of rotatable bonds is 5. The van der Waals surface area contributed by atoms with E-state index < -0.39 is 6.09 Å². The maximum atomic E-state index is 10.5. The molecule has 0 atom stereocenters. The van der Waals surface area contributed by atoms with Crippen LogP contribution in [0, 0.1) is 0 Å². The highest BCUT2D eigenvalue weighted by Crippen LogP contribution is 2.19. The van der Waals surface area contributed by atoms with E-state index in [0.717, 1.165) is 16.7 Å². The number of amides is 1. The van der Waals surface area contributed by atoms with Crippen LogP contribution in [0.3, 0.4) is 0 Å². The molecule has 0 saturated carbocycles. The zero-order valence-corrected chi connectivity index (χ0v) is 13.3. The Balaban J connectivity index is 1.69. The molecule has 0 unspecified atom stereocenters. The van der Waals surface area contributed by atoms with Crippen LogP contribution in [0.25, 0.3) is 11.5 Å². The lowest BCUT2D eigenvalue weighted by Crippen LogP contribution is -2.19. The van der Waals surface area contributed by atoms with Gasteiger partial charge in [-0.05, 0) is 35.4 Å². The maximum absolute atomic E-state index is 10.5. The summed E-state index contributed by atoms with van der Waals surface area (Å²) in [7, 11) is 0. The number of aromatic nitrogens is 2. The number of carbonyl (C=O) groups is 1. The fraction of sp³-hybridized carbons (Fsp3) is 0.118. The molecular weight excluding hydrogens is 330 g/mol. The normalized spacial score (nSPS) is 10.5. The van der Waals surface area contributed by atoms with Crippen molar-refractivity contribution >= 4 is 17.7 Å². The average molecular weight is 344 g/mol. The van der Waals surface area contributed by atoms with E-state index >= 15 is 0 Å². The van der Waals surface area contributed by atoms with Crippen LogP contribution in [0.4, 0.5) is 4.79 Å². The molecule has 3 aromatic rings. The van der Waals surface area contributed by atoms with Crippen molar-refractivity contribution in [2.24, 2.45) is 0 Å². The second-order valence-electron chi connectivity index (χ2n) is 5.18. The topological polar surface area (TPSA) is 88.2 Å². The van der Waals surface area contributed by atoms with Crippen LogP contribution in [0.5, 0.6) is 0 Å². The molecule has 122 valence electrons. The van der Waals surface area contributed by atoms with Gasteiger partial charge in [0.2, 0.25) is 0 Å². The Hall–Kier alpha value is -2.86. The Morgan fingerprint density at radius 3 is 2.67 bits per heavy atom. The third-order valence-corrected chi connectivity index (χ3v) is 3.60. The Labute approximate surface area is 143 Å². The fourth-order valence-electron chi connectivity index (χ4n) is 2.22. The van der Waals surface area contributed by atoms with Crippen LogP contribution in [0.1, 0.15) is 17.0 Å². The number of hydrogen-bond donors (Lipinski definition) is 2. The molecule has 0 spiro atoms. The molecule has 6 nitrogen and oxygen atoms in total. The Morgan fingerprint density at radius 1 is 1.17 bits per heavy atom. The van der Waals surface area contributed by atoms with Gasteiger partial charge >= 0.3 is 6.09 Å². The van der Waals surface area contributed by atoms with Crippen molar-refractivity contribution in [3.8, 4) is 11.5 Å². The van der Waals surface area contributed by atoms with Gasteiger partial charge in [0.15, 0.2) is 5.82 Å². The first kappa shape index (κ1) is 16.0. The Bertz CT molecular complexity index is 846. The highest BCUT2D eigenvalue weighted by Gasteiger charge is 2.10. The van der Waals surface area contributed by atoms with Gasteiger partial charge in [-0.25, -0.2) is 4.79 Å². The minimum Gasteiger partial charge on any atom is -0.465 e. The van der Waals surface area contributed by atoms with Crippen molar-refractivity contribution in [3.63, 3.8) is 0 Å². The van der Waals surface area contributed by atoms with Crippen molar-refractivity contribution < 1.29 is 14.4 Å². The molecule has 1 heterocycles. The van der Waals surface area contributed by atoms with E-state index in [-0.39, 0.29) is 6.54 Å². The predicted molar refractivity (Wildman–Crippen MR) is 88.9 cm³/mol. The van der Waals surface area contributed by atoms with Gasteiger partial charge < -0.3 is 14.9 Å². The van der Waals surface area contributed by atoms with Crippen molar-refractivity contribution in [3.05, 3.63) is 70.5 Å². The van der Waals surface area contributed by atoms with E-state index in [0.29, 0.717) is 23.2 Å². The molecule has 0 aliphatic rings. The van der Waals surface area contributed by atoms with Gasteiger partial charge in [-0.2, -0.15) is 4.98 Å². The zero-order chi connectivity index (χ0) is 16.9. The Kier molecular flexibility index (Phi) is 4.77. The van der Waals surface area contributed by atoms with E-state index in [1.807, 2.05) is 48.5 Å². The monoisotopic (exact) mass is 343 g/mol. The SMILES string of the molecule is O=C(O)NCc1ccc(-c2nc(Cc3cccc(Cl)c3)no2)cc1. The highest BCUT2D eigenvalue weighted by atomic mass is 35.5. The standard InChI is InChI=1S/C17H14ClN3O3/c18-14-3-1-2-12(8-14)9-15-20-16(24-21-15)13-6-4-11(5-7-13)10-19-17(22)23/h1-8,19H,9-10H2,(H,22,23). The summed E-state index contributed by atoms with van der Waals surface area (Å²) in [6.07, 6.45) is -0.522. The number of nitrogens with one attached hydrogen (secondary N) is 1. The third kappa shape index (κ3) is 4.11. The van der Waals surface area contributed by atoms with E-state index in [1.165, 1.54) is 0 Å². The first-order valence-corrected chi connectivity index (χ1v) is 7.61. The average Bonchev–Trinajstić information content (AvgIpc) is 3.02. The molecular formula is C17H14ClN3O3. The van der Waals surface area contributed by atoms with Crippen molar-refractivity contribution in [1.29, 1.82) is 0 Å². The van der Waals surface area contributed by atoms with Gasteiger partial charge in [0.1, 0.15) is 0 Å². The molecule has 7 heteroatoms. The van der Waals surface area contributed by atoms with Crippen LogP contribution < -0.4 is 5.32 Å².